The second-order valence-corrected chi connectivity index (χ2v) is 3.55. The van der Waals surface area contributed by atoms with Gasteiger partial charge in [0.05, 0.1) is 13.3 Å². The highest BCUT2D eigenvalue weighted by Gasteiger charge is 1.95. The number of carbonyl (C=O) groups is 1. The van der Waals surface area contributed by atoms with Crippen LogP contribution in [0.3, 0.4) is 0 Å². The zero-order valence-electron chi connectivity index (χ0n) is 7.53. The number of nitrogens with zero attached hydrogens (tertiary/aromatic N) is 1. The quantitative estimate of drug-likeness (QED) is 0.516. The summed E-state index contributed by atoms with van der Waals surface area (Å²) in [7, 11) is 1.29. The summed E-state index contributed by atoms with van der Waals surface area (Å²) in [5.41, 5.74) is 3.16. The molecule has 74 valence electrons. The summed E-state index contributed by atoms with van der Waals surface area (Å²) in [5.74, 6) is 0. The van der Waals surface area contributed by atoms with E-state index in [1.807, 2.05) is 24.3 Å². The van der Waals surface area contributed by atoms with Gasteiger partial charge in [-0.2, -0.15) is 5.10 Å². The van der Waals surface area contributed by atoms with Gasteiger partial charge in [-0.1, -0.05) is 18.2 Å². The molecule has 0 spiro atoms. The number of methoxy groups -OCH3 is 1. The molecule has 4 nitrogen and oxygen atoms in total. The maximum atomic E-state index is 10.6. The zero-order valence-corrected chi connectivity index (χ0v) is 9.69. The molecule has 0 radical (unpaired) electrons. The van der Waals surface area contributed by atoms with E-state index < -0.39 is 6.09 Å². The van der Waals surface area contributed by atoms with Crippen LogP contribution < -0.4 is 5.43 Å². The third-order valence-corrected chi connectivity index (χ3v) is 2.43. The van der Waals surface area contributed by atoms with Crippen LogP contribution in [-0.4, -0.2) is 19.4 Å². The Labute approximate surface area is 95.5 Å². The molecular weight excluding hydrogens is 295 g/mol. The molecule has 0 saturated heterocycles. The molecule has 0 aliphatic heterocycles. The monoisotopic (exact) mass is 304 g/mol. The largest absolute Gasteiger partial charge is 0.452 e. The highest BCUT2D eigenvalue weighted by atomic mass is 127. The van der Waals surface area contributed by atoms with E-state index in [0.717, 1.165) is 9.13 Å². The second kappa shape index (κ2) is 5.58. The second-order valence-electron chi connectivity index (χ2n) is 2.38. The predicted octanol–water partition coefficient (Wildman–Crippen LogP) is 1.98. The van der Waals surface area contributed by atoms with E-state index in [0.29, 0.717) is 0 Å². The van der Waals surface area contributed by atoms with Crippen molar-refractivity contribution >= 4 is 34.9 Å². The number of carbonyl (C=O) groups excluding carboxylic acids is 1. The molecule has 1 amide bonds. The van der Waals surface area contributed by atoms with Gasteiger partial charge < -0.3 is 4.74 Å². The van der Waals surface area contributed by atoms with Crippen molar-refractivity contribution in [2.24, 2.45) is 5.10 Å². The standard InChI is InChI=1S/C9H9IN2O2/c1-14-9(13)12-11-6-7-4-2-3-5-8(7)10/h2-6H,1H3,(H,12,13)/b11-6+. The maximum Gasteiger partial charge on any atom is 0.427 e. The van der Waals surface area contributed by atoms with Crippen molar-refractivity contribution in [3.05, 3.63) is 33.4 Å². The zero-order chi connectivity index (χ0) is 10.4. The van der Waals surface area contributed by atoms with Crippen molar-refractivity contribution < 1.29 is 9.53 Å². The average molecular weight is 304 g/mol. The van der Waals surface area contributed by atoms with Crippen LogP contribution in [0.1, 0.15) is 5.56 Å². The van der Waals surface area contributed by atoms with Crippen molar-refractivity contribution in [2.45, 2.75) is 0 Å². The lowest BCUT2D eigenvalue weighted by atomic mass is 10.2. The lowest BCUT2D eigenvalue weighted by molar-refractivity contribution is 0.171. The molecule has 0 bridgehead atoms. The van der Waals surface area contributed by atoms with E-state index in [2.05, 4.69) is 37.9 Å². The fourth-order valence-electron chi connectivity index (χ4n) is 0.780. The summed E-state index contributed by atoms with van der Waals surface area (Å²) in [6.45, 7) is 0. The summed E-state index contributed by atoms with van der Waals surface area (Å²) in [6, 6.07) is 7.71. The molecular formula is C9H9IN2O2. The molecule has 5 heteroatoms. The van der Waals surface area contributed by atoms with Crippen molar-refractivity contribution in [1.82, 2.24) is 5.43 Å². The van der Waals surface area contributed by atoms with Crippen LogP contribution in [0.4, 0.5) is 4.79 Å². The Hall–Kier alpha value is -1.11. The topological polar surface area (TPSA) is 50.7 Å². The Morgan fingerprint density at radius 2 is 2.29 bits per heavy atom. The Bertz CT molecular complexity index is 352. The summed E-state index contributed by atoms with van der Waals surface area (Å²) in [5, 5.41) is 3.72. The minimum Gasteiger partial charge on any atom is -0.452 e. The van der Waals surface area contributed by atoms with Crippen molar-refractivity contribution in [2.75, 3.05) is 7.11 Å². The smallest absolute Gasteiger partial charge is 0.427 e. The average Bonchev–Trinajstić information content (AvgIpc) is 2.20. The van der Waals surface area contributed by atoms with Crippen LogP contribution >= 0.6 is 22.6 Å². The van der Waals surface area contributed by atoms with Crippen LogP contribution in [0.15, 0.2) is 29.4 Å². The van der Waals surface area contributed by atoms with E-state index in [1.165, 1.54) is 7.11 Å². The maximum absolute atomic E-state index is 10.6. The highest BCUT2D eigenvalue weighted by Crippen LogP contribution is 2.08. The molecule has 0 unspecified atom stereocenters. The minimum absolute atomic E-state index is 0.577. The Morgan fingerprint density at radius 1 is 1.57 bits per heavy atom. The van der Waals surface area contributed by atoms with Crippen molar-refractivity contribution in [1.29, 1.82) is 0 Å². The van der Waals surface area contributed by atoms with Gasteiger partial charge in [0.15, 0.2) is 0 Å². The van der Waals surface area contributed by atoms with Gasteiger partial charge in [0.1, 0.15) is 0 Å². The molecule has 1 aromatic carbocycles. The van der Waals surface area contributed by atoms with Gasteiger partial charge in [-0.3, -0.25) is 0 Å². The van der Waals surface area contributed by atoms with Gasteiger partial charge in [-0.05, 0) is 28.7 Å². The Balaban J connectivity index is 2.60. The molecule has 14 heavy (non-hydrogen) atoms. The first-order valence-electron chi connectivity index (χ1n) is 3.85. The number of nitrogens with one attached hydrogen (secondary N) is 1. The minimum atomic E-state index is -0.577. The van der Waals surface area contributed by atoms with Crippen LogP contribution in [0, 0.1) is 3.57 Å². The number of hydrogen-bond donors (Lipinski definition) is 1. The van der Waals surface area contributed by atoms with E-state index in [1.54, 1.807) is 6.21 Å². The van der Waals surface area contributed by atoms with E-state index in [4.69, 9.17) is 0 Å². The van der Waals surface area contributed by atoms with Gasteiger partial charge in [0.2, 0.25) is 0 Å². The SMILES string of the molecule is COC(=O)N/N=C/c1ccccc1I. The predicted molar refractivity (Wildman–Crippen MR) is 62.3 cm³/mol. The number of halogens is 1. The molecule has 1 rings (SSSR count). The van der Waals surface area contributed by atoms with Crippen molar-refractivity contribution in [3.8, 4) is 0 Å². The van der Waals surface area contributed by atoms with Gasteiger partial charge in [0.25, 0.3) is 0 Å². The van der Waals surface area contributed by atoms with E-state index >= 15 is 0 Å². The highest BCUT2D eigenvalue weighted by molar-refractivity contribution is 14.1. The van der Waals surface area contributed by atoms with Crippen LogP contribution in [0.2, 0.25) is 0 Å². The number of hydrazone groups is 1. The lowest BCUT2D eigenvalue weighted by Crippen LogP contribution is -2.16. The molecule has 0 atom stereocenters. The number of benzene rings is 1. The number of hydrogen-bond acceptors (Lipinski definition) is 3. The van der Waals surface area contributed by atoms with Gasteiger partial charge in [0, 0.05) is 9.13 Å². The van der Waals surface area contributed by atoms with Gasteiger partial charge in [-0.15, -0.1) is 0 Å². The first-order valence-corrected chi connectivity index (χ1v) is 4.93. The Morgan fingerprint density at radius 3 is 2.93 bits per heavy atom. The molecule has 0 saturated carbocycles. The van der Waals surface area contributed by atoms with Gasteiger partial charge >= 0.3 is 6.09 Å². The first-order chi connectivity index (χ1) is 6.74. The molecule has 0 aliphatic rings. The third-order valence-electron chi connectivity index (χ3n) is 1.45. The van der Waals surface area contributed by atoms with Crippen LogP contribution in [-0.2, 0) is 4.74 Å². The van der Waals surface area contributed by atoms with Crippen LogP contribution in [0.5, 0.6) is 0 Å². The summed E-state index contributed by atoms with van der Waals surface area (Å²) in [4.78, 5) is 10.6. The fraction of sp³-hybridized carbons (Fsp3) is 0.111. The number of amides is 1. The molecule has 1 N–H and O–H groups in total. The number of ether oxygens (including phenoxy) is 1. The normalized spacial score (nSPS) is 10.1. The summed E-state index contributed by atoms with van der Waals surface area (Å²) in [6.07, 6.45) is 0.991. The molecule has 0 heterocycles. The first kappa shape index (κ1) is 11.0. The van der Waals surface area contributed by atoms with Crippen LogP contribution in [0.25, 0.3) is 0 Å². The molecule has 1 aromatic rings. The fourth-order valence-corrected chi connectivity index (χ4v) is 1.31. The lowest BCUT2D eigenvalue weighted by Gasteiger charge is -1.97. The van der Waals surface area contributed by atoms with Crippen molar-refractivity contribution in [3.63, 3.8) is 0 Å². The summed E-state index contributed by atoms with van der Waals surface area (Å²) < 4.78 is 5.42. The van der Waals surface area contributed by atoms with E-state index in [9.17, 15) is 4.79 Å². The Kier molecular flexibility index (Phi) is 4.37. The van der Waals surface area contributed by atoms with Gasteiger partial charge in [-0.25, -0.2) is 10.2 Å². The molecule has 0 aliphatic carbocycles. The summed E-state index contributed by atoms with van der Waals surface area (Å²) >= 11 is 2.19. The molecule has 0 aromatic heterocycles. The van der Waals surface area contributed by atoms with E-state index in [-0.39, 0.29) is 0 Å². The molecule has 0 fully saturated rings. The number of rotatable bonds is 2. The third kappa shape index (κ3) is 3.33.